The lowest BCUT2D eigenvalue weighted by atomic mass is 10.1. The number of quaternary nitrogens is 1. The zero-order valence-corrected chi connectivity index (χ0v) is 11.9. The van der Waals surface area contributed by atoms with Crippen LogP contribution in [0.2, 0.25) is 0 Å². The van der Waals surface area contributed by atoms with Crippen molar-refractivity contribution in [1.29, 1.82) is 0 Å². The number of carbonyl (C=O) groups excluding carboxylic acids is 2. The number of amides is 2. The number of nitrogens with two attached hydrogens (primary N) is 1. The van der Waals surface area contributed by atoms with E-state index in [0.29, 0.717) is 6.54 Å². The van der Waals surface area contributed by atoms with Gasteiger partial charge in [-0.15, -0.1) is 0 Å². The number of hydrogen-bond donors (Lipinski definition) is 3. The second kappa shape index (κ2) is 8.92. The van der Waals surface area contributed by atoms with Crippen LogP contribution in [0.15, 0.2) is 24.3 Å². The van der Waals surface area contributed by atoms with Crippen LogP contribution < -0.4 is 20.7 Å². The zero-order chi connectivity index (χ0) is 14.8. The molecule has 110 valence electrons. The Balaban J connectivity index is 2.16. The van der Waals surface area contributed by atoms with Gasteiger partial charge in [-0.05, 0) is 24.1 Å². The monoisotopic (exact) mass is 280 g/mol. The highest BCUT2D eigenvalue weighted by molar-refractivity contribution is 5.78. The highest BCUT2D eigenvalue weighted by atomic mass is 16.5. The lowest BCUT2D eigenvalue weighted by Gasteiger charge is -2.05. The van der Waals surface area contributed by atoms with E-state index in [0.717, 1.165) is 17.7 Å². The molecule has 0 aromatic heterocycles. The number of likely N-dealkylation sites (N-methyl/N-ethyl adjacent to an activating group) is 1. The first kappa shape index (κ1) is 16.0. The van der Waals surface area contributed by atoms with Crippen LogP contribution in [0.1, 0.15) is 5.56 Å². The minimum atomic E-state index is -0.0870. The van der Waals surface area contributed by atoms with Crippen molar-refractivity contribution < 1.29 is 19.6 Å². The Hall–Kier alpha value is -2.08. The van der Waals surface area contributed by atoms with E-state index >= 15 is 0 Å². The fourth-order valence-corrected chi connectivity index (χ4v) is 1.65. The molecule has 1 rings (SSSR count). The lowest BCUT2D eigenvalue weighted by Crippen LogP contribution is -2.88. The van der Waals surface area contributed by atoms with Crippen molar-refractivity contribution in [3.05, 3.63) is 29.8 Å². The Labute approximate surface area is 118 Å². The van der Waals surface area contributed by atoms with E-state index in [2.05, 4.69) is 10.6 Å². The van der Waals surface area contributed by atoms with Crippen molar-refractivity contribution in [1.82, 2.24) is 10.6 Å². The van der Waals surface area contributed by atoms with Crippen LogP contribution in [-0.4, -0.2) is 45.6 Å². The van der Waals surface area contributed by atoms with Crippen molar-refractivity contribution in [3.63, 3.8) is 0 Å². The van der Waals surface area contributed by atoms with Gasteiger partial charge in [-0.1, -0.05) is 12.1 Å². The molecule has 0 atom stereocenters. The summed E-state index contributed by atoms with van der Waals surface area (Å²) < 4.78 is 5.08. The minimum Gasteiger partial charge on any atom is -0.497 e. The smallest absolute Gasteiger partial charge is 0.275 e. The van der Waals surface area contributed by atoms with Gasteiger partial charge in [0.2, 0.25) is 0 Å². The molecule has 0 aliphatic heterocycles. The normalized spacial score (nSPS) is 9.90. The molecule has 0 spiro atoms. The fourth-order valence-electron chi connectivity index (χ4n) is 1.65. The molecular weight excluding hydrogens is 258 g/mol. The predicted molar refractivity (Wildman–Crippen MR) is 75.4 cm³/mol. The highest BCUT2D eigenvalue weighted by Gasteiger charge is 2.05. The number of benzene rings is 1. The first-order valence-electron chi connectivity index (χ1n) is 6.57. The third-order valence-corrected chi connectivity index (χ3v) is 2.83. The first-order chi connectivity index (χ1) is 9.65. The van der Waals surface area contributed by atoms with Gasteiger partial charge in [-0.25, -0.2) is 0 Å². The second-order valence-electron chi connectivity index (χ2n) is 4.32. The number of methoxy groups -OCH3 is 1. The van der Waals surface area contributed by atoms with Gasteiger partial charge in [0.1, 0.15) is 5.75 Å². The zero-order valence-electron chi connectivity index (χ0n) is 11.9. The summed E-state index contributed by atoms with van der Waals surface area (Å²) in [6, 6.07) is 7.74. The maximum absolute atomic E-state index is 11.5. The molecule has 20 heavy (non-hydrogen) atoms. The summed E-state index contributed by atoms with van der Waals surface area (Å²) in [5, 5.41) is 6.99. The molecule has 6 nitrogen and oxygen atoms in total. The van der Waals surface area contributed by atoms with Crippen LogP contribution in [0.3, 0.4) is 0 Å². The first-order valence-corrected chi connectivity index (χ1v) is 6.57. The van der Waals surface area contributed by atoms with E-state index in [1.54, 1.807) is 19.5 Å². The Morgan fingerprint density at radius 3 is 2.40 bits per heavy atom. The van der Waals surface area contributed by atoms with Crippen LogP contribution in [0.5, 0.6) is 5.75 Å². The summed E-state index contributed by atoms with van der Waals surface area (Å²) in [6.07, 6.45) is 0.769. The summed E-state index contributed by atoms with van der Waals surface area (Å²) in [6.45, 7) is 1.11. The largest absolute Gasteiger partial charge is 0.497 e. The Bertz CT molecular complexity index is 432. The van der Waals surface area contributed by atoms with E-state index < -0.39 is 0 Å². The molecule has 0 saturated heterocycles. The molecule has 2 amide bonds. The van der Waals surface area contributed by atoms with Gasteiger partial charge in [0.15, 0.2) is 13.1 Å². The van der Waals surface area contributed by atoms with Gasteiger partial charge in [0, 0.05) is 13.6 Å². The van der Waals surface area contributed by atoms with Crippen LogP contribution in [0.25, 0.3) is 0 Å². The number of carbonyl (C=O) groups is 2. The molecule has 0 heterocycles. The van der Waals surface area contributed by atoms with Gasteiger partial charge >= 0.3 is 0 Å². The molecule has 1 aromatic rings. The number of ether oxygens (including phenoxy) is 1. The average molecular weight is 280 g/mol. The highest BCUT2D eigenvalue weighted by Crippen LogP contribution is 2.11. The van der Waals surface area contributed by atoms with Crippen molar-refractivity contribution in [2.24, 2.45) is 0 Å². The Kier molecular flexibility index (Phi) is 7.13. The van der Waals surface area contributed by atoms with Crippen molar-refractivity contribution in [3.8, 4) is 5.75 Å². The van der Waals surface area contributed by atoms with Gasteiger partial charge < -0.3 is 20.7 Å². The molecule has 4 N–H and O–H groups in total. The minimum absolute atomic E-state index is 0.0672. The molecular formula is C14H22N3O3+. The van der Waals surface area contributed by atoms with Crippen LogP contribution >= 0.6 is 0 Å². The van der Waals surface area contributed by atoms with Crippen molar-refractivity contribution >= 4 is 11.8 Å². The van der Waals surface area contributed by atoms with Crippen molar-refractivity contribution in [2.75, 3.05) is 33.8 Å². The summed E-state index contributed by atoms with van der Waals surface area (Å²) in [7, 11) is 3.20. The van der Waals surface area contributed by atoms with E-state index in [9.17, 15) is 9.59 Å². The molecule has 0 radical (unpaired) electrons. The van der Waals surface area contributed by atoms with Gasteiger partial charge in [0.25, 0.3) is 11.8 Å². The SMILES string of the molecule is CNC(=O)C[NH2+]CC(=O)NCCc1ccc(OC)cc1. The molecule has 0 unspecified atom stereocenters. The summed E-state index contributed by atoms with van der Waals surface area (Å²) in [5.41, 5.74) is 1.14. The molecule has 0 fully saturated rings. The molecule has 1 aromatic carbocycles. The maximum atomic E-state index is 11.5. The lowest BCUT2D eigenvalue weighted by molar-refractivity contribution is -0.633. The number of hydrogen-bond acceptors (Lipinski definition) is 3. The third kappa shape index (κ3) is 6.19. The molecule has 6 heteroatoms. The van der Waals surface area contributed by atoms with Crippen molar-refractivity contribution in [2.45, 2.75) is 6.42 Å². The second-order valence-corrected chi connectivity index (χ2v) is 4.32. The predicted octanol–water partition coefficient (Wildman–Crippen LogP) is -1.34. The van der Waals surface area contributed by atoms with E-state index in [4.69, 9.17) is 4.74 Å². The van der Waals surface area contributed by atoms with Gasteiger partial charge in [0.05, 0.1) is 7.11 Å². The fraction of sp³-hybridized carbons (Fsp3) is 0.429. The van der Waals surface area contributed by atoms with Crippen LogP contribution in [-0.2, 0) is 16.0 Å². The molecule has 0 aliphatic rings. The quantitative estimate of drug-likeness (QED) is 0.551. The topological polar surface area (TPSA) is 84.0 Å². The van der Waals surface area contributed by atoms with E-state index in [-0.39, 0.29) is 24.9 Å². The molecule has 0 saturated carbocycles. The number of nitrogens with one attached hydrogen (secondary N) is 2. The summed E-state index contributed by atoms with van der Waals surface area (Å²) in [5.74, 6) is 0.667. The number of rotatable bonds is 8. The van der Waals surface area contributed by atoms with Crippen LogP contribution in [0, 0.1) is 0 Å². The molecule has 0 aliphatic carbocycles. The van der Waals surface area contributed by atoms with E-state index in [1.807, 2.05) is 24.3 Å². The average Bonchev–Trinajstić information content (AvgIpc) is 2.47. The Morgan fingerprint density at radius 2 is 1.80 bits per heavy atom. The third-order valence-electron chi connectivity index (χ3n) is 2.83. The molecule has 0 bridgehead atoms. The van der Waals surface area contributed by atoms with Crippen LogP contribution in [0.4, 0.5) is 0 Å². The Morgan fingerprint density at radius 1 is 1.15 bits per heavy atom. The van der Waals surface area contributed by atoms with Gasteiger partial charge in [-0.2, -0.15) is 0 Å². The van der Waals surface area contributed by atoms with Gasteiger partial charge in [-0.3, -0.25) is 9.59 Å². The maximum Gasteiger partial charge on any atom is 0.275 e. The standard InChI is InChI=1S/C14H21N3O3/c1-15-13(18)9-16-10-14(19)17-8-7-11-3-5-12(20-2)6-4-11/h3-6,16H,7-10H2,1-2H3,(H,15,18)(H,17,19)/p+1. The van der Waals surface area contributed by atoms with E-state index in [1.165, 1.54) is 0 Å². The summed E-state index contributed by atoms with van der Waals surface area (Å²) >= 11 is 0. The summed E-state index contributed by atoms with van der Waals surface area (Å²) in [4.78, 5) is 22.5.